The third kappa shape index (κ3) is 5.27. The number of aryl methyl sites for hydroxylation is 1. The number of rotatable bonds is 6. The van der Waals surface area contributed by atoms with Crippen molar-refractivity contribution >= 4 is 34.6 Å². The van der Waals surface area contributed by atoms with Crippen molar-refractivity contribution < 1.29 is 9.59 Å². The van der Waals surface area contributed by atoms with E-state index in [1.165, 1.54) is 4.88 Å². The van der Waals surface area contributed by atoms with Crippen molar-refractivity contribution in [1.29, 1.82) is 0 Å². The first-order valence-electron chi connectivity index (χ1n) is 6.62. The molecule has 5 nitrogen and oxygen atoms in total. The fraction of sp³-hybridized carbons (Fsp3) is 0.200. The highest BCUT2D eigenvalue weighted by atomic mass is 32.1. The average molecular weight is 303 g/mol. The Hall–Kier alpha value is -2.34. The summed E-state index contributed by atoms with van der Waals surface area (Å²) in [5.74, 6) is -0.0391. The molecule has 0 aliphatic heterocycles. The lowest BCUT2D eigenvalue weighted by Gasteiger charge is -2.07. The van der Waals surface area contributed by atoms with E-state index in [-0.39, 0.29) is 5.91 Å². The predicted molar refractivity (Wildman–Crippen MR) is 85.5 cm³/mol. The second-order valence-electron chi connectivity index (χ2n) is 4.55. The average Bonchev–Trinajstić information content (AvgIpc) is 2.91. The van der Waals surface area contributed by atoms with Gasteiger partial charge in [-0.1, -0.05) is 12.1 Å². The highest BCUT2D eigenvalue weighted by molar-refractivity contribution is 7.09. The summed E-state index contributed by atoms with van der Waals surface area (Å²) >= 11 is 1.70. The summed E-state index contributed by atoms with van der Waals surface area (Å²) in [5.41, 5.74) is 6.25. The van der Waals surface area contributed by atoms with Crippen LogP contribution >= 0.6 is 11.3 Å². The lowest BCUT2D eigenvalue weighted by molar-refractivity contribution is -0.116. The van der Waals surface area contributed by atoms with Crippen molar-refractivity contribution in [3.63, 3.8) is 0 Å². The number of hydrogen-bond donors (Lipinski definition) is 3. The van der Waals surface area contributed by atoms with Gasteiger partial charge >= 0.3 is 6.03 Å². The number of anilines is 2. The third-order valence-corrected chi connectivity index (χ3v) is 3.76. The summed E-state index contributed by atoms with van der Waals surface area (Å²) in [6, 6.07) is 10.3. The zero-order valence-electron chi connectivity index (χ0n) is 11.5. The van der Waals surface area contributed by atoms with Crippen molar-refractivity contribution in [3.05, 3.63) is 46.7 Å². The summed E-state index contributed by atoms with van der Waals surface area (Å²) < 4.78 is 0. The minimum atomic E-state index is -0.630. The molecule has 0 fully saturated rings. The quantitative estimate of drug-likeness (QED) is 0.765. The number of benzene rings is 1. The number of carbonyl (C=O) groups excluding carboxylic acids is 2. The fourth-order valence-corrected chi connectivity index (χ4v) is 2.67. The molecular formula is C15H17N3O2S. The van der Waals surface area contributed by atoms with E-state index in [4.69, 9.17) is 5.73 Å². The number of amides is 3. The highest BCUT2D eigenvalue weighted by Crippen LogP contribution is 2.16. The number of primary amides is 1. The van der Waals surface area contributed by atoms with E-state index >= 15 is 0 Å². The van der Waals surface area contributed by atoms with Crippen molar-refractivity contribution in [1.82, 2.24) is 0 Å². The standard InChI is InChI=1S/C15H17N3O2S/c16-15(20)18-12-5-1-4-11(10-12)17-14(19)8-2-6-13-7-3-9-21-13/h1,3-5,7,9-10H,2,6,8H2,(H,17,19)(H3,16,18,20). The molecule has 0 spiro atoms. The summed E-state index contributed by atoms with van der Waals surface area (Å²) in [4.78, 5) is 23.9. The number of nitrogens with two attached hydrogens (primary N) is 1. The van der Waals surface area contributed by atoms with Crippen molar-refractivity contribution in [3.8, 4) is 0 Å². The van der Waals surface area contributed by atoms with Gasteiger partial charge in [-0.2, -0.15) is 0 Å². The summed E-state index contributed by atoms with van der Waals surface area (Å²) in [6.07, 6.45) is 2.19. The lowest BCUT2D eigenvalue weighted by Crippen LogP contribution is -2.19. The van der Waals surface area contributed by atoms with Gasteiger partial charge in [-0.25, -0.2) is 4.79 Å². The van der Waals surface area contributed by atoms with Crippen LogP contribution < -0.4 is 16.4 Å². The topological polar surface area (TPSA) is 84.2 Å². The molecule has 110 valence electrons. The molecule has 6 heteroatoms. The summed E-state index contributed by atoms with van der Waals surface area (Å²) in [5, 5.41) is 7.31. The van der Waals surface area contributed by atoms with Gasteiger partial charge in [0.1, 0.15) is 0 Å². The molecule has 0 saturated carbocycles. The Bertz CT molecular complexity index is 611. The molecule has 3 amide bonds. The fourth-order valence-electron chi connectivity index (χ4n) is 1.92. The van der Waals surface area contributed by atoms with E-state index in [1.54, 1.807) is 35.6 Å². The molecule has 0 aliphatic carbocycles. The Morgan fingerprint density at radius 1 is 1.10 bits per heavy atom. The Labute approximate surface area is 127 Å². The second kappa shape index (κ2) is 7.44. The van der Waals surface area contributed by atoms with Gasteiger partial charge in [0.15, 0.2) is 0 Å². The third-order valence-electron chi connectivity index (χ3n) is 2.82. The van der Waals surface area contributed by atoms with Crippen molar-refractivity contribution in [2.24, 2.45) is 5.73 Å². The van der Waals surface area contributed by atoms with Gasteiger partial charge in [0, 0.05) is 22.7 Å². The van der Waals surface area contributed by atoms with Gasteiger partial charge in [-0.05, 0) is 42.5 Å². The number of urea groups is 1. The predicted octanol–water partition coefficient (Wildman–Crippen LogP) is 3.20. The molecular weight excluding hydrogens is 286 g/mol. The zero-order chi connectivity index (χ0) is 15.1. The molecule has 4 N–H and O–H groups in total. The normalized spacial score (nSPS) is 10.1. The van der Waals surface area contributed by atoms with Crippen LogP contribution in [-0.2, 0) is 11.2 Å². The van der Waals surface area contributed by atoms with E-state index in [9.17, 15) is 9.59 Å². The van der Waals surface area contributed by atoms with Gasteiger partial charge in [0.2, 0.25) is 5.91 Å². The van der Waals surface area contributed by atoms with Crippen molar-refractivity contribution in [2.75, 3.05) is 10.6 Å². The Morgan fingerprint density at radius 2 is 1.86 bits per heavy atom. The van der Waals surface area contributed by atoms with Gasteiger partial charge in [-0.15, -0.1) is 11.3 Å². The number of nitrogens with one attached hydrogen (secondary N) is 2. The van der Waals surface area contributed by atoms with Crippen LogP contribution in [0.5, 0.6) is 0 Å². The SMILES string of the molecule is NC(=O)Nc1cccc(NC(=O)CCCc2cccs2)c1. The molecule has 2 aromatic rings. The maximum absolute atomic E-state index is 11.9. The largest absolute Gasteiger partial charge is 0.351 e. The number of thiophene rings is 1. The molecule has 1 heterocycles. The number of hydrogen-bond acceptors (Lipinski definition) is 3. The van der Waals surface area contributed by atoms with Crippen LogP contribution in [0.3, 0.4) is 0 Å². The smallest absolute Gasteiger partial charge is 0.316 e. The molecule has 0 aliphatic rings. The molecule has 0 atom stereocenters. The molecule has 21 heavy (non-hydrogen) atoms. The van der Waals surface area contributed by atoms with Crippen LogP contribution in [-0.4, -0.2) is 11.9 Å². The van der Waals surface area contributed by atoms with E-state index in [1.807, 2.05) is 11.4 Å². The van der Waals surface area contributed by atoms with Crippen LogP contribution in [0, 0.1) is 0 Å². The van der Waals surface area contributed by atoms with Crippen LogP contribution in [0.15, 0.2) is 41.8 Å². The van der Waals surface area contributed by atoms with E-state index in [0.29, 0.717) is 17.8 Å². The maximum Gasteiger partial charge on any atom is 0.316 e. The summed E-state index contributed by atoms with van der Waals surface area (Å²) in [7, 11) is 0. The first-order chi connectivity index (χ1) is 10.1. The molecule has 1 aromatic heterocycles. The van der Waals surface area contributed by atoms with Crippen molar-refractivity contribution in [2.45, 2.75) is 19.3 Å². The van der Waals surface area contributed by atoms with E-state index in [0.717, 1.165) is 12.8 Å². The first-order valence-corrected chi connectivity index (χ1v) is 7.50. The molecule has 0 unspecified atom stereocenters. The molecule has 0 saturated heterocycles. The highest BCUT2D eigenvalue weighted by Gasteiger charge is 2.04. The zero-order valence-corrected chi connectivity index (χ0v) is 12.3. The van der Waals surface area contributed by atoms with Crippen LogP contribution in [0.25, 0.3) is 0 Å². The Balaban J connectivity index is 1.80. The van der Waals surface area contributed by atoms with Gasteiger partial charge in [0.25, 0.3) is 0 Å². The molecule has 0 bridgehead atoms. The van der Waals surface area contributed by atoms with Crippen LogP contribution in [0.2, 0.25) is 0 Å². The van der Waals surface area contributed by atoms with E-state index < -0.39 is 6.03 Å². The Morgan fingerprint density at radius 3 is 2.52 bits per heavy atom. The maximum atomic E-state index is 11.9. The van der Waals surface area contributed by atoms with E-state index in [2.05, 4.69) is 16.7 Å². The molecule has 1 aromatic carbocycles. The summed E-state index contributed by atoms with van der Waals surface area (Å²) in [6.45, 7) is 0. The van der Waals surface area contributed by atoms with Crippen LogP contribution in [0.1, 0.15) is 17.7 Å². The minimum absolute atomic E-state index is 0.0391. The molecule has 2 rings (SSSR count). The molecule has 0 radical (unpaired) electrons. The lowest BCUT2D eigenvalue weighted by atomic mass is 10.2. The minimum Gasteiger partial charge on any atom is -0.351 e. The first kappa shape index (κ1) is 15.1. The number of carbonyl (C=O) groups is 2. The van der Waals surface area contributed by atoms with Gasteiger partial charge in [-0.3, -0.25) is 4.79 Å². The van der Waals surface area contributed by atoms with Crippen LogP contribution in [0.4, 0.5) is 16.2 Å². The van der Waals surface area contributed by atoms with Gasteiger partial charge in [0.05, 0.1) is 0 Å². The Kier molecular flexibility index (Phi) is 5.34. The monoisotopic (exact) mass is 303 g/mol. The second-order valence-corrected chi connectivity index (χ2v) is 5.58. The van der Waals surface area contributed by atoms with Gasteiger partial charge < -0.3 is 16.4 Å².